The molecule has 1 aromatic heterocycles. The number of oxime groups is 1. The number of carbonyl (C=O) groups excluding carboxylic acids is 2. The SMILES string of the molecule is CC1(C)[C@H](CC(=O)/C(=N\OCCOc2ccc(C(N)=NCC[N+]3(C)CCCC3)cc2)c2csc(N)n2)C(=O)N1OS(=O)(=O)O. The number of anilines is 1. The van der Waals surface area contributed by atoms with E-state index in [9.17, 15) is 18.0 Å². The Hall–Kier alpha value is -3.64. The van der Waals surface area contributed by atoms with Crippen LogP contribution in [0.1, 0.15) is 44.4 Å². The van der Waals surface area contributed by atoms with E-state index in [1.165, 1.54) is 45.2 Å². The zero-order valence-corrected chi connectivity index (χ0v) is 26.5. The van der Waals surface area contributed by atoms with E-state index in [2.05, 4.69) is 26.5 Å². The summed E-state index contributed by atoms with van der Waals surface area (Å²) in [6.07, 6.45) is 2.18. The summed E-state index contributed by atoms with van der Waals surface area (Å²) in [4.78, 5) is 39.7. The second-order valence-electron chi connectivity index (χ2n) is 11.4. The topological polar surface area (TPSA) is 209 Å². The molecule has 44 heavy (non-hydrogen) atoms. The van der Waals surface area contributed by atoms with Crippen molar-refractivity contribution in [2.24, 2.45) is 21.8 Å². The second kappa shape index (κ2) is 13.6. The Morgan fingerprint density at radius 2 is 1.91 bits per heavy atom. The van der Waals surface area contributed by atoms with Gasteiger partial charge in [-0.3, -0.25) is 19.1 Å². The third-order valence-corrected chi connectivity index (χ3v) is 8.79. The molecule has 17 heteroatoms. The van der Waals surface area contributed by atoms with E-state index in [1.807, 2.05) is 12.1 Å². The molecule has 2 aliphatic rings. The average Bonchev–Trinajstić information content (AvgIpc) is 3.59. The molecule has 2 aliphatic heterocycles. The summed E-state index contributed by atoms with van der Waals surface area (Å²) in [6, 6.07) is 7.20. The van der Waals surface area contributed by atoms with Gasteiger partial charge in [-0.2, -0.15) is 13.5 Å². The van der Waals surface area contributed by atoms with Crippen molar-refractivity contribution < 1.29 is 40.9 Å². The van der Waals surface area contributed by atoms with Crippen molar-refractivity contribution in [3.05, 3.63) is 40.9 Å². The van der Waals surface area contributed by atoms with Crippen molar-refractivity contribution in [3.8, 4) is 5.75 Å². The molecular formula is C27H38N7O8S2+. The number of aliphatic imine (C=N–C) groups is 1. The summed E-state index contributed by atoms with van der Waals surface area (Å²) < 4.78 is 42.2. The number of thiazole rings is 1. The fourth-order valence-electron chi connectivity index (χ4n) is 5.14. The zero-order valence-electron chi connectivity index (χ0n) is 24.8. The number of carbonyl (C=O) groups is 2. The van der Waals surface area contributed by atoms with Gasteiger partial charge in [-0.1, -0.05) is 5.16 Å². The Morgan fingerprint density at radius 3 is 2.50 bits per heavy atom. The van der Waals surface area contributed by atoms with Crippen LogP contribution in [0.4, 0.5) is 5.13 Å². The Bertz CT molecular complexity index is 1520. The summed E-state index contributed by atoms with van der Waals surface area (Å²) in [6.45, 7) is 7.10. The van der Waals surface area contributed by atoms with Crippen molar-refractivity contribution in [3.63, 3.8) is 0 Å². The highest BCUT2D eigenvalue weighted by molar-refractivity contribution is 7.80. The number of amidine groups is 1. The molecule has 1 aromatic carbocycles. The standard InChI is InChI=1S/C27H37N7O8S2/c1-27(2)20(25(36)33(27)42-44(37,38)39)16-22(35)23(21-17-43-26(29)31-21)32-41-15-14-40-19-8-6-18(7-9-19)24(28)30-10-13-34(3)11-4-5-12-34/h6-9,17,20H,4-5,10-16H2,1-3H3,(H4-,28,29,30,31,37,38,39)/p+1/b32-23-/t20-/m1/s1. The van der Waals surface area contributed by atoms with Gasteiger partial charge in [-0.25, -0.2) is 4.98 Å². The minimum absolute atomic E-state index is 0.0113. The molecule has 0 radical (unpaired) electrons. The highest BCUT2D eigenvalue weighted by Crippen LogP contribution is 2.40. The van der Waals surface area contributed by atoms with Gasteiger partial charge < -0.3 is 25.5 Å². The molecule has 0 aliphatic carbocycles. The van der Waals surface area contributed by atoms with Gasteiger partial charge in [0.2, 0.25) is 0 Å². The van der Waals surface area contributed by atoms with Gasteiger partial charge in [-0.05, 0) is 38.1 Å². The molecule has 3 heterocycles. The Balaban J connectivity index is 1.29. The summed E-state index contributed by atoms with van der Waals surface area (Å²) in [7, 11) is -2.66. The summed E-state index contributed by atoms with van der Waals surface area (Å²) >= 11 is 1.10. The summed E-state index contributed by atoms with van der Waals surface area (Å²) in [5.41, 5.74) is 11.5. The molecule has 0 saturated carbocycles. The predicted octanol–water partition coefficient (Wildman–Crippen LogP) is 1.40. The van der Waals surface area contributed by atoms with Crippen LogP contribution in [0.5, 0.6) is 5.75 Å². The minimum atomic E-state index is -4.92. The van der Waals surface area contributed by atoms with Gasteiger partial charge in [-0.15, -0.1) is 15.6 Å². The van der Waals surface area contributed by atoms with E-state index >= 15 is 0 Å². The van der Waals surface area contributed by atoms with Crippen LogP contribution in [0.2, 0.25) is 0 Å². The Kier molecular flexibility index (Phi) is 10.2. The van der Waals surface area contributed by atoms with E-state index in [-0.39, 0.29) is 36.2 Å². The number of hydrogen-bond acceptors (Lipinski definition) is 12. The first-order valence-corrected chi connectivity index (χ1v) is 16.3. The number of Topliss-reactive ketones (excluding diaryl/α,β-unsaturated/α-hetero) is 1. The number of hydroxylamine groups is 2. The summed E-state index contributed by atoms with van der Waals surface area (Å²) in [5, 5.41) is 6.19. The lowest BCUT2D eigenvalue weighted by atomic mass is 9.74. The van der Waals surface area contributed by atoms with Crippen molar-refractivity contribution >= 4 is 50.1 Å². The van der Waals surface area contributed by atoms with E-state index < -0.39 is 33.5 Å². The van der Waals surface area contributed by atoms with Crippen LogP contribution < -0.4 is 16.2 Å². The van der Waals surface area contributed by atoms with Gasteiger partial charge in [0.1, 0.15) is 23.9 Å². The number of quaternary nitrogens is 1. The first-order valence-electron chi connectivity index (χ1n) is 14.0. The van der Waals surface area contributed by atoms with Crippen LogP contribution in [0.25, 0.3) is 0 Å². The predicted molar refractivity (Wildman–Crippen MR) is 163 cm³/mol. The number of likely N-dealkylation sites (N-methyl/N-ethyl adjacent to an activating group) is 1. The van der Waals surface area contributed by atoms with Crippen LogP contribution >= 0.6 is 11.3 Å². The fraction of sp³-hybridized carbons (Fsp3) is 0.519. The number of nitrogens with zero attached hydrogens (tertiary/aromatic N) is 5. The first kappa shape index (κ1) is 33.3. The van der Waals surface area contributed by atoms with Crippen LogP contribution in [0.15, 0.2) is 39.8 Å². The normalized spacial score (nSPS) is 20.0. The fourth-order valence-corrected chi connectivity index (χ4v) is 6.14. The quantitative estimate of drug-likeness (QED) is 0.0476. The molecule has 2 aromatic rings. The zero-order chi connectivity index (χ0) is 32.1. The van der Waals surface area contributed by atoms with Crippen LogP contribution in [0.3, 0.4) is 0 Å². The molecular weight excluding hydrogens is 614 g/mol. The van der Waals surface area contributed by atoms with Gasteiger partial charge in [0.25, 0.3) is 5.91 Å². The summed E-state index contributed by atoms with van der Waals surface area (Å²) in [5.74, 6) is -1.26. The third-order valence-electron chi connectivity index (χ3n) is 7.78. The molecule has 2 saturated heterocycles. The van der Waals surface area contributed by atoms with E-state index in [4.69, 9.17) is 25.6 Å². The molecule has 0 unspecified atom stereocenters. The largest absolute Gasteiger partial charge is 0.490 e. The number of ether oxygens (including phenoxy) is 1. The first-order chi connectivity index (χ1) is 20.7. The van der Waals surface area contributed by atoms with E-state index in [0.717, 1.165) is 27.9 Å². The highest BCUT2D eigenvalue weighted by Gasteiger charge is 2.57. The van der Waals surface area contributed by atoms with Crippen LogP contribution in [0, 0.1) is 5.92 Å². The third kappa shape index (κ3) is 8.29. The Labute approximate surface area is 260 Å². The number of β-lactam (4-membered cyclic amide) rings is 1. The number of amides is 1. The number of nitrogen functional groups attached to an aromatic ring is 1. The van der Waals surface area contributed by atoms with E-state index in [1.54, 1.807) is 12.1 Å². The molecule has 0 spiro atoms. The van der Waals surface area contributed by atoms with Crippen molar-refractivity contribution in [2.75, 3.05) is 52.2 Å². The maximum Gasteiger partial charge on any atom is 0.418 e. The molecule has 5 N–H and O–H groups in total. The number of nitrogens with two attached hydrogens (primary N) is 2. The smallest absolute Gasteiger partial charge is 0.418 e. The number of rotatable bonds is 15. The average molecular weight is 653 g/mol. The van der Waals surface area contributed by atoms with Gasteiger partial charge in [0.05, 0.1) is 44.7 Å². The molecule has 240 valence electrons. The van der Waals surface area contributed by atoms with E-state index in [0.29, 0.717) is 23.2 Å². The molecule has 15 nitrogen and oxygen atoms in total. The molecule has 0 bridgehead atoms. The van der Waals surface area contributed by atoms with Gasteiger partial charge in [0, 0.05) is 30.2 Å². The lowest BCUT2D eigenvalue weighted by Gasteiger charge is -2.50. The van der Waals surface area contributed by atoms with Crippen LogP contribution in [-0.4, -0.2) is 103 Å². The lowest BCUT2D eigenvalue weighted by Crippen LogP contribution is -2.68. The number of benzene rings is 1. The molecule has 2 fully saturated rings. The highest BCUT2D eigenvalue weighted by atomic mass is 32.3. The van der Waals surface area contributed by atoms with Crippen molar-refractivity contribution in [1.29, 1.82) is 0 Å². The maximum atomic E-state index is 13.2. The van der Waals surface area contributed by atoms with Crippen molar-refractivity contribution in [1.82, 2.24) is 10.0 Å². The molecule has 1 atom stereocenters. The molecule has 4 rings (SSSR count). The number of hydrogen-bond donors (Lipinski definition) is 3. The van der Waals surface area contributed by atoms with Gasteiger partial charge in [0.15, 0.2) is 23.2 Å². The van der Waals surface area contributed by atoms with Crippen LogP contribution in [-0.2, 0) is 29.1 Å². The van der Waals surface area contributed by atoms with Crippen molar-refractivity contribution in [2.45, 2.75) is 38.6 Å². The number of likely N-dealkylation sites (tertiary alicyclic amines) is 1. The number of aromatic nitrogens is 1. The minimum Gasteiger partial charge on any atom is -0.490 e. The number of ketones is 1. The Morgan fingerprint density at radius 1 is 1.23 bits per heavy atom. The van der Waals surface area contributed by atoms with Gasteiger partial charge >= 0.3 is 10.4 Å². The second-order valence-corrected chi connectivity index (χ2v) is 13.3. The lowest BCUT2D eigenvalue weighted by molar-refractivity contribution is -0.896. The monoisotopic (exact) mass is 652 g/mol. The maximum absolute atomic E-state index is 13.2. The molecule has 1 amide bonds.